The Kier molecular flexibility index (Phi) is 9.80. The summed E-state index contributed by atoms with van der Waals surface area (Å²) in [5, 5.41) is 20.2. The molecule has 0 aliphatic carbocycles. The highest BCUT2D eigenvalue weighted by Crippen LogP contribution is 2.12. The minimum atomic E-state index is -1.18. The van der Waals surface area contributed by atoms with Gasteiger partial charge in [-0.3, -0.25) is 0 Å². The summed E-state index contributed by atoms with van der Waals surface area (Å²) >= 11 is 0. The normalized spacial score (nSPS) is 10.7. The number of halogens is 1. The molecule has 0 atom stereocenters. The topological polar surface area (TPSA) is 110 Å². The number of carbonyl (C=O) groups is 1. The minimum Gasteiger partial charge on any atom is -0.478 e. The number of anilines is 1. The van der Waals surface area contributed by atoms with E-state index < -0.39 is 11.9 Å². The molecule has 1 aromatic rings. The van der Waals surface area contributed by atoms with Crippen molar-refractivity contribution in [2.75, 3.05) is 58.1 Å². The molecule has 0 aliphatic heterocycles. The first kappa shape index (κ1) is 19.2. The quantitative estimate of drug-likeness (QED) is 0.351. The van der Waals surface area contributed by atoms with Crippen LogP contribution in [0.15, 0.2) is 12.1 Å². The molecule has 0 spiro atoms. The number of hydrogen-bond donors (Lipinski definition) is 3. The molecule has 0 saturated carbocycles. The standard InChI is InChI=1S/C14H21FN2O6/c15-12-2-1-11(14(19)20)13(17-12)16-3-5-21-7-9-23-10-8-22-6-4-18/h1-2,18H,3-10H2,(H,16,17)(H,19,20). The largest absolute Gasteiger partial charge is 0.478 e. The summed E-state index contributed by atoms with van der Waals surface area (Å²) < 4.78 is 28.5. The molecule has 3 N–H and O–H groups in total. The van der Waals surface area contributed by atoms with E-state index in [9.17, 15) is 9.18 Å². The van der Waals surface area contributed by atoms with Gasteiger partial charge in [0.15, 0.2) is 0 Å². The second-order valence-corrected chi connectivity index (χ2v) is 4.32. The Balaban J connectivity index is 2.09. The molecule has 0 aliphatic rings. The molecule has 130 valence electrons. The summed E-state index contributed by atoms with van der Waals surface area (Å²) in [7, 11) is 0. The first-order valence-electron chi connectivity index (χ1n) is 7.13. The van der Waals surface area contributed by atoms with E-state index in [1.807, 2.05) is 0 Å². The van der Waals surface area contributed by atoms with Gasteiger partial charge in [0.05, 0.1) is 46.2 Å². The van der Waals surface area contributed by atoms with E-state index >= 15 is 0 Å². The third kappa shape index (κ3) is 8.41. The number of nitrogens with one attached hydrogen (secondary N) is 1. The summed E-state index contributed by atoms with van der Waals surface area (Å²) in [4.78, 5) is 14.5. The molecule has 0 bridgehead atoms. The van der Waals surface area contributed by atoms with Crippen LogP contribution in [0.4, 0.5) is 10.2 Å². The van der Waals surface area contributed by atoms with Gasteiger partial charge in [0.2, 0.25) is 5.95 Å². The van der Waals surface area contributed by atoms with Crippen LogP contribution in [0.5, 0.6) is 0 Å². The number of aromatic nitrogens is 1. The molecular weight excluding hydrogens is 311 g/mol. The van der Waals surface area contributed by atoms with Crippen LogP contribution in [0.25, 0.3) is 0 Å². The van der Waals surface area contributed by atoms with E-state index in [1.165, 1.54) is 0 Å². The number of ether oxygens (including phenoxy) is 3. The number of pyridine rings is 1. The van der Waals surface area contributed by atoms with E-state index in [0.29, 0.717) is 33.0 Å². The van der Waals surface area contributed by atoms with Gasteiger partial charge in [-0.05, 0) is 12.1 Å². The molecule has 0 radical (unpaired) electrons. The van der Waals surface area contributed by atoms with Gasteiger partial charge in [0.1, 0.15) is 11.4 Å². The first-order chi connectivity index (χ1) is 11.1. The Labute approximate surface area is 133 Å². The summed E-state index contributed by atoms with van der Waals surface area (Å²) in [5.41, 5.74) is -0.0994. The number of carboxylic acids is 1. The van der Waals surface area contributed by atoms with Crippen LogP contribution in [0.3, 0.4) is 0 Å². The lowest BCUT2D eigenvalue weighted by Crippen LogP contribution is -2.16. The average molecular weight is 332 g/mol. The van der Waals surface area contributed by atoms with Crippen molar-refractivity contribution in [2.24, 2.45) is 0 Å². The Morgan fingerprint density at radius 2 is 1.70 bits per heavy atom. The third-order valence-corrected chi connectivity index (χ3v) is 2.61. The number of aliphatic hydroxyl groups is 1. The molecular formula is C14H21FN2O6. The van der Waals surface area contributed by atoms with Crippen molar-refractivity contribution in [3.8, 4) is 0 Å². The summed E-state index contributed by atoms with van der Waals surface area (Å²) in [6, 6.07) is 2.15. The Hall–Kier alpha value is -1.81. The minimum absolute atomic E-state index is 0.0140. The summed E-state index contributed by atoms with van der Waals surface area (Å²) in [6.45, 7) is 2.43. The van der Waals surface area contributed by atoms with Crippen molar-refractivity contribution in [1.82, 2.24) is 4.98 Å². The Morgan fingerprint density at radius 1 is 1.09 bits per heavy atom. The zero-order valence-corrected chi connectivity index (χ0v) is 12.7. The van der Waals surface area contributed by atoms with Crippen LogP contribution in [0, 0.1) is 5.95 Å². The number of aliphatic hydroxyl groups excluding tert-OH is 1. The molecule has 0 saturated heterocycles. The Bertz CT molecular complexity index is 475. The van der Waals surface area contributed by atoms with E-state index in [4.69, 9.17) is 24.4 Å². The molecule has 1 heterocycles. The lowest BCUT2D eigenvalue weighted by Gasteiger charge is -2.09. The number of hydrogen-bond acceptors (Lipinski definition) is 7. The van der Waals surface area contributed by atoms with E-state index in [1.54, 1.807) is 0 Å². The Morgan fingerprint density at radius 3 is 2.30 bits per heavy atom. The molecule has 23 heavy (non-hydrogen) atoms. The van der Waals surface area contributed by atoms with Gasteiger partial charge in [-0.2, -0.15) is 4.39 Å². The highest BCUT2D eigenvalue weighted by atomic mass is 19.1. The zero-order chi connectivity index (χ0) is 16.9. The highest BCUT2D eigenvalue weighted by molar-refractivity contribution is 5.92. The van der Waals surface area contributed by atoms with Crippen molar-refractivity contribution in [2.45, 2.75) is 0 Å². The molecule has 0 unspecified atom stereocenters. The third-order valence-electron chi connectivity index (χ3n) is 2.61. The van der Waals surface area contributed by atoms with Crippen molar-refractivity contribution < 1.29 is 33.6 Å². The fourth-order valence-corrected chi connectivity index (χ4v) is 1.59. The van der Waals surface area contributed by atoms with Crippen molar-refractivity contribution in [3.63, 3.8) is 0 Å². The van der Waals surface area contributed by atoms with Crippen LogP contribution < -0.4 is 5.32 Å². The smallest absolute Gasteiger partial charge is 0.339 e. The molecule has 8 nitrogen and oxygen atoms in total. The van der Waals surface area contributed by atoms with Crippen LogP contribution in [-0.4, -0.2) is 74.0 Å². The summed E-state index contributed by atoms with van der Waals surface area (Å²) in [5.74, 6) is -1.97. The first-order valence-corrected chi connectivity index (χ1v) is 7.13. The molecule has 1 aromatic heterocycles. The fraction of sp³-hybridized carbons (Fsp3) is 0.571. The van der Waals surface area contributed by atoms with Gasteiger partial charge in [-0.15, -0.1) is 0 Å². The molecule has 0 amide bonds. The van der Waals surface area contributed by atoms with Crippen molar-refractivity contribution in [1.29, 1.82) is 0 Å². The predicted octanol–water partition coefficient (Wildman–Crippen LogP) is 0.373. The summed E-state index contributed by atoms with van der Waals surface area (Å²) in [6.07, 6.45) is 0. The maximum absolute atomic E-state index is 13.0. The molecule has 9 heteroatoms. The van der Waals surface area contributed by atoms with Gasteiger partial charge < -0.3 is 29.7 Å². The van der Waals surface area contributed by atoms with Crippen LogP contribution in [0.1, 0.15) is 10.4 Å². The van der Waals surface area contributed by atoms with E-state index in [0.717, 1.165) is 12.1 Å². The average Bonchev–Trinajstić information content (AvgIpc) is 2.52. The van der Waals surface area contributed by atoms with Gasteiger partial charge in [-0.1, -0.05) is 0 Å². The lowest BCUT2D eigenvalue weighted by molar-refractivity contribution is 0.00920. The van der Waals surface area contributed by atoms with Gasteiger partial charge in [0.25, 0.3) is 0 Å². The number of rotatable bonds is 13. The van der Waals surface area contributed by atoms with Crippen molar-refractivity contribution in [3.05, 3.63) is 23.6 Å². The van der Waals surface area contributed by atoms with E-state index in [-0.39, 0.29) is 31.1 Å². The second-order valence-electron chi connectivity index (χ2n) is 4.32. The number of carboxylic acid groups (broad SMARTS) is 1. The fourth-order valence-electron chi connectivity index (χ4n) is 1.59. The molecule has 0 aromatic carbocycles. The molecule has 1 rings (SSSR count). The van der Waals surface area contributed by atoms with Gasteiger partial charge in [0, 0.05) is 6.54 Å². The van der Waals surface area contributed by atoms with Crippen LogP contribution in [0.2, 0.25) is 0 Å². The van der Waals surface area contributed by atoms with Crippen LogP contribution in [-0.2, 0) is 14.2 Å². The predicted molar refractivity (Wildman–Crippen MR) is 79.2 cm³/mol. The zero-order valence-electron chi connectivity index (χ0n) is 12.7. The molecule has 0 fully saturated rings. The van der Waals surface area contributed by atoms with Gasteiger partial charge in [-0.25, -0.2) is 9.78 Å². The van der Waals surface area contributed by atoms with Crippen LogP contribution >= 0.6 is 0 Å². The number of aromatic carboxylic acids is 1. The lowest BCUT2D eigenvalue weighted by atomic mass is 10.2. The number of nitrogens with zero attached hydrogens (tertiary/aromatic N) is 1. The maximum Gasteiger partial charge on any atom is 0.339 e. The monoisotopic (exact) mass is 332 g/mol. The van der Waals surface area contributed by atoms with Gasteiger partial charge >= 0.3 is 5.97 Å². The maximum atomic E-state index is 13.0. The SMILES string of the molecule is O=C(O)c1ccc(F)nc1NCCOCCOCCOCCO. The highest BCUT2D eigenvalue weighted by Gasteiger charge is 2.11. The van der Waals surface area contributed by atoms with Crippen molar-refractivity contribution >= 4 is 11.8 Å². The second kappa shape index (κ2) is 11.7. The van der Waals surface area contributed by atoms with E-state index in [2.05, 4.69) is 10.3 Å².